The van der Waals surface area contributed by atoms with Crippen LogP contribution in [0.1, 0.15) is 46.0 Å². The molecular weight excluding hydrogens is 212 g/mol. The Kier molecular flexibility index (Phi) is 4.43. The third-order valence-electron chi connectivity index (χ3n) is 4.44. The molecule has 2 atom stereocenters. The van der Waals surface area contributed by atoms with Gasteiger partial charge in [0.1, 0.15) is 0 Å². The van der Waals surface area contributed by atoms with Crippen LogP contribution in [0.5, 0.6) is 0 Å². The average molecular weight is 238 g/mol. The van der Waals surface area contributed by atoms with E-state index in [-0.39, 0.29) is 5.91 Å². The number of carbonyl (C=O) groups excluding carboxylic acids is 1. The second-order valence-corrected chi connectivity index (χ2v) is 5.97. The Morgan fingerprint density at radius 3 is 2.47 bits per heavy atom. The molecule has 0 aromatic heterocycles. The number of nitrogens with zero attached hydrogens (tertiary/aromatic N) is 1. The quantitative estimate of drug-likeness (QED) is 0.816. The van der Waals surface area contributed by atoms with Crippen molar-refractivity contribution in [2.24, 2.45) is 11.8 Å². The van der Waals surface area contributed by atoms with E-state index in [2.05, 4.69) is 12.2 Å². The van der Waals surface area contributed by atoms with Crippen molar-refractivity contribution in [3.63, 3.8) is 0 Å². The molecule has 1 saturated heterocycles. The molecule has 98 valence electrons. The summed E-state index contributed by atoms with van der Waals surface area (Å²) in [7, 11) is 0. The largest absolute Gasteiger partial charge is 0.343 e. The van der Waals surface area contributed by atoms with E-state index in [1.807, 2.05) is 4.90 Å². The van der Waals surface area contributed by atoms with Gasteiger partial charge in [0.25, 0.3) is 0 Å². The number of amides is 1. The predicted molar refractivity (Wildman–Crippen MR) is 69.8 cm³/mol. The van der Waals surface area contributed by atoms with Crippen molar-refractivity contribution in [1.29, 1.82) is 0 Å². The fourth-order valence-electron chi connectivity index (χ4n) is 3.24. The van der Waals surface area contributed by atoms with E-state index >= 15 is 0 Å². The first-order chi connectivity index (χ1) is 8.15. The Morgan fingerprint density at radius 2 is 1.94 bits per heavy atom. The molecule has 3 nitrogen and oxygen atoms in total. The molecule has 0 radical (unpaired) electrons. The molecule has 3 heteroatoms. The summed E-state index contributed by atoms with van der Waals surface area (Å²) < 4.78 is 0. The van der Waals surface area contributed by atoms with Crippen molar-refractivity contribution in [1.82, 2.24) is 10.2 Å². The molecule has 0 aromatic carbocycles. The lowest BCUT2D eigenvalue weighted by molar-refractivity contribution is -0.129. The molecule has 1 amide bonds. The molecule has 1 saturated carbocycles. The van der Waals surface area contributed by atoms with Crippen LogP contribution in [0, 0.1) is 11.8 Å². The number of rotatable bonds is 3. The van der Waals surface area contributed by atoms with Crippen LogP contribution in [-0.4, -0.2) is 36.5 Å². The van der Waals surface area contributed by atoms with E-state index in [0.29, 0.717) is 6.04 Å². The first-order valence-corrected chi connectivity index (χ1v) is 7.14. The van der Waals surface area contributed by atoms with Crippen LogP contribution >= 0.6 is 0 Å². The van der Waals surface area contributed by atoms with Crippen LogP contribution < -0.4 is 5.32 Å². The average Bonchev–Trinajstić information content (AvgIpc) is 2.73. The van der Waals surface area contributed by atoms with E-state index in [1.54, 1.807) is 6.92 Å². The van der Waals surface area contributed by atoms with Gasteiger partial charge in [-0.15, -0.1) is 0 Å². The normalized spacial score (nSPS) is 30.8. The maximum absolute atomic E-state index is 11.2. The maximum Gasteiger partial charge on any atom is 0.219 e. The topological polar surface area (TPSA) is 32.3 Å². The standard InChI is InChI=1S/C14H26N2O/c1-11-3-4-13(9-11)10-15-14-5-7-16(8-6-14)12(2)17/h11,13-15H,3-10H2,1-2H3. The number of piperidine rings is 1. The van der Waals surface area contributed by atoms with Crippen LogP contribution in [0.4, 0.5) is 0 Å². The Labute approximate surface area is 105 Å². The minimum Gasteiger partial charge on any atom is -0.343 e. The van der Waals surface area contributed by atoms with E-state index in [4.69, 9.17) is 0 Å². The minimum atomic E-state index is 0.230. The minimum absolute atomic E-state index is 0.230. The molecule has 0 aromatic rings. The van der Waals surface area contributed by atoms with Gasteiger partial charge in [0.15, 0.2) is 0 Å². The van der Waals surface area contributed by atoms with Crippen molar-refractivity contribution in [3.8, 4) is 0 Å². The smallest absolute Gasteiger partial charge is 0.219 e. The predicted octanol–water partition coefficient (Wildman–Crippen LogP) is 2.02. The summed E-state index contributed by atoms with van der Waals surface area (Å²) in [6.07, 6.45) is 6.47. The van der Waals surface area contributed by atoms with E-state index < -0.39 is 0 Å². The first kappa shape index (κ1) is 12.9. The molecule has 1 heterocycles. The van der Waals surface area contributed by atoms with Gasteiger partial charge in [0.2, 0.25) is 5.91 Å². The zero-order chi connectivity index (χ0) is 12.3. The Bertz CT molecular complexity index is 259. The molecule has 2 unspecified atom stereocenters. The van der Waals surface area contributed by atoms with Crippen molar-refractivity contribution < 1.29 is 4.79 Å². The number of nitrogens with one attached hydrogen (secondary N) is 1. The van der Waals surface area contributed by atoms with E-state index in [1.165, 1.54) is 25.8 Å². The summed E-state index contributed by atoms with van der Waals surface area (Å²) >= 11 is 0. The number of hydrogen-bond donors (Lipinski definition) is 1. The highest BCUT2D eigenvalue weighted by molar-refractivity contribution is 5.73. The van der Waals surface area contributed by atoms with Crippen LogP contribution in [0.3, 0.4) is 0 Å². The SMILES string of the molecule is CC(=O)N1CCC(NCC2CCC(C)C2)CC1. The first-order valence-electron chi connectivity index (χ1n) is 7.14. The molecule has 2 fully saturated rings. The Balaban J connectivity index is 1.63. The highest BCUT2D eigenvalue weighted by atomic mass is 16.2. The fourth-order valence-corrected chi connectivity index (χ4v) is 3.24. The lowest BCUT2D eigenvalue weighted by atomic mass is 10.0. The van der Waals surface area contributed by atoms with E-state index in [0.717, 1.165) is 37.8 Å². The van der Waals surface area contributed by atoms with Crippen molar-refractivity contribution in [3.05, 3.63) is 0 Å². The van der Waals surface area contributed by atoms with Gasteiger partial charge in [0.05, 0.1) is 0 Å². The van der Waals surface area contributed by atoms with Gasteiger partial charge in [-0.1, -0.05) is 13.3 Å². The van der Waals surface area contributed by atoms with Crippen LogP contribution in [-0.2, 0) is 4.79 Å². The van der Waals surface area contributed by atoms with Crippen molar-refractivity contribution in [2.45, 2.75) is 52.0 Å². The lowest BCUT2D eigenvalue weighted by Crippen LogP contribution is -2.45. The summed E-state index contributed by atoms with van der Waals surface area (Å²) in [5.41, 5.74) is 0. The van der Waals surface area contributed by atoms with Gasteiger partial charge in [-0.05, 0) is 44.1 Å². The lowest BCUT2D eigenvalue weighted by Gasteiger charge is -2.32. The summed E-state index contributed by atoms with van der Waals surface area (Å²) in [6, 6.07) is 0.640. The summed E-state index contributed by atoms with van der Waals surface area (Å²) in [4.78, 5) is 13.2. The molecule has 1 N–H and O–H groups in total. The summed E-state index contributed by atoms with van der Waals surface area (Å²) in [5, 5.41) is 3.71. The summed E-state index contributed by atoms with van der Waals surface area (Å²) in [5.74, 6) is 2.06. The van der Waals surface area contributed by atoms with Crippen LogP contribution in [0.15, 0.2) is 0 Å². The number of hydrogen-bond acceptors (Lipinski definition) is 2. The number of carbonyl (C=O) groups is 1. The molecule has 0 bridgehead atoms. The van der Waals surface area contributed by atoms with Gasteiger partial charge in [-0.3, -0.25) is 4.79 Å². The van der Waals surface area contributed by atoms with Gasteiger partial charge < -0.3 is 10.2 Å². The Hall–Kier alpha value is -0.570. The van der Waals surface area contributed by atoms with Gasteiger partial charge >= 0.3 is 0 Å². The molecule has 0 spiro atoms. The molecule has 2 aliphatic rings. The Morgan fingerprint density at radius 1 is 1.24 bits per heavy atom. The number of likely N-dealkylation sites (tertiary alicyclic amines) is 1. The van der Waals surface area contributed by atoms with Crippen LogP contribution in [0.2, 0.25) is 0 Å². The van der Waals surface area contributed by atoms with Crippen molar-refractivity contribution in [2.75, 3.05) is 19.6 Å². The molecule has 1 aliphatic heterocycles. The maximum atomic E-state index is 11.2. The molecule has 17 heavy (non-hydrogen) atoms. The second kappa shape index (κ2) is 5.85. The van der Waals surface area contributed by atoms with Crippen molar-refractivity contribution >= 4 is 5.91 Å². The van der Waals surface area contributed by atoms with Gasteiger partial charge in [-0.25, -0.2) is 0 Å². The molecule has 1 aliphatic carbocycles. The fraction of sp³-hybridized carbons (Fsp3) is 0.929. The molecular formula is C14H26N2O. The third kappa shape index (κ3) is 3.70. The second-order valence-electron chi connectivity index (χ2n) is 5.97. The van der Waals surface area contributed by atoms with E-state index in [9.17, 15) is 4.79 Å². The monoisotopic (exact) mass is 238 g/mol. The van der Waals surface area contributed by atoms with Gasteiger partial charge in [-0.2, -0.15) is 0 Å². The highest BCUT2D eigenvalue weighted by Gasteiger charge is 2.24. The zero-order valence-electron chi connectivity index (χ0n) is 11.2. The van der Waals surface area contributed by atoms with Crippen LogP contribution in [0.25, 0.3) is 0 Å². The third-order valence-corrected chi connectivity index (χ3v) is 4.44. The summed E-state index contributed by atoms with van der Waals surface area (Å²) in [6.45, 7) is 7.11. The highest BCUT2D eigenvalue weighted by Crippen LogP contribution is 2.29. The zero-order valence-corrected chi connectivity index (χ0v) is 11.2. The molecule has 2 rings (SSSR count). The van der Waals surface area contributed by atoms with Gasteiger partial charge in [0, 0.05) is 26.1 Å².